The molecule has 1 heterocycles. The van der Waals surface area contributed by atoms with E-state index in [9.17, 15) is 8.42 Å². The lowest BCUT2D eigenvalue weighted by molar-refractivity contribution is 0.141. The first-order valence-electron chi connectivity index (χ1n) is 10.4. The molecule has 0 saturated carbocycles. The van der Waals surface area contributed by atoms with Gasteiger partial charge in [0.05, 0.1) is 25.2 Å². The molecule has 1 aliphatic rings. The average molecular weight is 433 g/mol. The third kappa shape index (κ3) is 4.48. The Balaban J connectivity index is 2.07. The summed E-state index contributed by atoms with van der Waals surface area (Å²) in [5.74, 6) is 1.44. The molecule has 0 saturated heterocycles. The van der Waals surface area contributed by atoms with Crippen molar-refractivity contribution < 1.29 is 17.9 Å². The van der Waals surface area contributed by atoms with Gasteiger partial charge in [0.2, 0.25) is 10.0 Å². The third-order valence-corrected chi connectivity index (χ3v) is 7.31. The predicted octanol–water partition coefficient (Wildman–Crippen LogP) is 3.63. The molecule has 0 unspecified atom stereocenters. The Labute approximate surface area is 180 Å². The van der Waals surface area contributed by atoms with E-state index in [2.05, 4.69) is 30.4 Å². The Hall–Kier alpha value is -2.09. The molecule has 7 heteroatoms. The Bertz CT molecular complexity index is 961. The number of benzene rings is 2. The molecule has 1 N–H and O–H groups in total. The number of sulfonamides is 1. The molecule has 0 radical (unpaired) electrons. The van der Waals surface area contributed by atoms with Crippen LogP contribution in [0.4, 0.5) is 0 Å². The van der Waals surface area contributed by atoms with E-state index in [0.29, 0.717) is 11.5 Å². The molecule has 0 fully saturated rings. The monoisotopic (exact) mass is 432 g/mol. The lowest BCUT2D eigenvalue weighted by Crippen LogP contribution is -2.51. The topological polar surface area (TPSA) is 67.9 Å². The van der Waals surface area contributed by atoms with Crippen LogP contribution in [0.15, 0.2) is 47.4 Å². The van der Waals surface area contributed by atoms with Crippen molar-refractivity contribution in [3.05, 3.63) is 53.6 Å². The zero-order valence-electron chi connectivity index (χ0n) is 18.4. The Morgan fingerprint density at radius 1 is 1.10 bits per heavy atom. The van der Waals surface area contributed by atoms with Gasteiger partial charge in [-0.25, -0.2) is 13.1 Å². The van der Waals surface area contributed by atoms with Gasteiger partial charge in [0.15, 0.2) is 11.5 Å². The number of rotatable bonds is 8. The molecule has 30 heavy (non-hydrogen) atoms. The minimum Gasteiger partial charge on any atom is -0.493 e. The van der Waals surface area contributed by atoms with Crippen LogP contribution in [0.5, 0.6) is 11.5 Å². The van der Waals surface area contributed by atoms with Crippen LogP contribution >= 0.6 is 0 Å². The lowest BCUT2D eigenvalue weighted by atomic mass is 9.84. The summed E-state index contributed by atoms with van der Waals surface area (Å²) in [5, 5.41) is 0. The normalized spacial score (nSPS) is 18.1. The van der Waals surface area contributed by atoms with Crippen LogP contribution in [0.1, 0.15) is 37.9 Å². The van der Waals surface area contributed by atoms with Crippen molar-refractivity contribution >= 4 is 10.0 Å². The minimum atomic E-state index is -3.65. The Kier molecular flexibility index (Phi) is 7.06. The maximum Gasteiger partial charge on any atom is 0.240 e. The van der Waals surface area contributed by atoms with Gasteiger partial charge in [-0.2, -0.15) is 0 Å². The second kappa shape index (κ2) is 9.37. The van der Waals surface area contributed by atoms with Gasteiger partial charge in [0, 0.05) is 12.6 Å². The molecule has 164 valence electrons. The van der Waals surface area contributed by atoms with Crippen molar-refractivity contribution in [1.29, 1.82) is 0 Å². The predicted molar refractivity (Wildman–Crippen MR) is 119 cm³/mol. The summed E-state index contributed by atoms with van der Waals surface area (Å²) in [6.07, 6.45) is 0.885. The molecule has 2 atom stereocenters. The van der Waals surface area contributed by atoms with Crippen LogP contribution in [0.2, 0.25) is 0 Å². The first-order valence-corrected chi connectivity index (χ1v) is 11.9. The molecule has 2 aromatic rings. The molecule has 0 aliphatic carbocycles. The van der Waals surface area contributed by atoms with Gasteiger partial charge in [-0.15, -0.1) is 0 Å². The van der Waals surface area contributed by atoms with Gasteiger partial charge in [-0.1, -0.05) is 39.0 Å². The number of hydrogen-bond donors (Lipinski definition) is 1. The molecule has 2 aromatic carbocycles. The van der Waals surface area contributed by atoms with E-state index >= 15 is 0 Å². The number of fused-ring (bicyclic) bond motifs is 1. The van der Waals surface area contributed by atoms with Gasteiger partial charge in [0.1, 0.15) is 0 Å². The summed E-state index contributed by atoms with van der Waals surface area (Å²) >= 11 is 0. The first kappa shape index (κ1) is 22.6. The second-order valence-corrected chi connectivity index (χ2v) is 9.65. The molecule has 3 rings (SSSR count). The summed E-state index contributed by atoms with van der Waals surface area (Å²) in [5.41, 5.74) is 2.27. The zero-order chi connectivity index (χ0) is 21.9. The smallest absolute Gasteiger partial charge is 0.240 e. The van der Waals surface area contributed by atoms with Crippen LogP contribution in [0, 0.1) is 5.92 Å². The van der Waals surface area contributed by atoms with Crippen LogP contribution in [-0.4, -0.2) is 46.7 Å². The SMILES string of the molecule is CCN1CCc2cc(OC)c(OC)cc2[C@@H]1[C@H](NS(=O)(=O)c1ccccc1)C(C)C. The average Bonchev–Trinajstić information content (AvgIpc) is 2.76. The van der Waals surface area contributed by atoms with E-state index < -0.39 is 10.0 Å². The maximum absolute atomic E-state index is 13.1. The van der Waals surface area contributed by atoms with Gasteiger partial charge < -0.3 is 9.47 Å². The quantitative estimate of drug-likeness (QED) is 0.690. The number of methoxy groups -OCH3 is 2. The summed E-state index contributed by atoms with van der Waals surface area (Å²) < 4.78 is 40.3. The number of ether oxygens (including phenoxy) is 2. The van der Waals surface area contributed by atoms with E-state index in [1.807, 2.05) is 18.2 Å². The van der Waals surface area contributed by atoms with Gasteiger partial charge in [-0.05, 0) is 54.3 Å². The van der Waals surface area contributed by atoms with E-state index in [-0.39, 0.29) is 22.9 Å². The van der Waals surface area contributed by atoms with Crippen molar-refractivity contribution in [2.24, 2.45) is 5.92 Å². The fourth-order valence-electron chi connectivity index (χ4n) is 4.22. The highest BCUT2D eigenvalue weighted by Crippen LogP contribution is 2.41. The third-order valence-electron chi connectivity index (χ3n) is 5.84. The van der Waals surface area contributed by atoms with Crippen molar-refractivity contribution in [3.63, 3.8) is 0 Å². The van der Waals surface area contributed by atoms with Crippen molar-refractivity contribution in [2.75, 3.05) is 27.3 Å². The molecule has 1 aliphatic heterocycles. The fraction of sp³-hybridized carbons (Fsp3) is 0.478. The number of hydrogen-bond acceptors (Lipinski definition) is 5. The Morgan fingerprint density at radius 2 is 1.73 bits per heavy atom. The van der Waals surface area contributed by atoms with Gasteiger partial charge >= 0.3 is 0 Å². The van der Waals surface area contributed by atoms with Crippen LogP contribution in [0.3, 0.4) is 0 Å². The Morgan fingerprint density at radius 3 is 2.30 bits per heavy atom. The summed E-state index contributed by atoms with van der Waals surface area (Å²) in [4.78, 5) is 2.62. The number of nitrogens with zero attached hydrogens (tertiary/aromatic N) is 1. The molecular formula is C23H32N2O4S. The van der Waals surface area contributed by atoms with E-state index in [1.165, 1.54) is 5.56 Å². The largest absolute Gasteiger partial charge is 0.493 e. The second-order valence-electron chi connectivity index (χ2n) is 7.93. The van der Waals surface area contributed by atoms with E-state index in [1.54, 1.807) is 38.5 Å². The summed E-state index contributed by atoms with van der Waals surface area (Å²) in [6, 6.07) is 12.2. The van der Waals surface area contributed by atoms with Crippen LogP contribution < -0.4 is 14.2 Å². The van der Waals surface area contributed by atoms with Gasteiger partial charge in [0.25, 0.3) is 0 Å². The fourth-order valence-corrected chi connectivity index (χ4v) is 5.63. The molecule has 6 nitrogen and oxygen atoms in total. The number of likely N-dealkylation sites (N-methyl/N-ethyl adjacent to an activating group) is 1. The molecule has 0 bridgehead atoms. The first-order chi connectivity index (χ1) is 14.3. The van der Waals surface area contributed by atoms with E-state index in [4.69, 9.17) is 9.47 Å². The number of nitrogens with one attached hydrogen (secondary N) is 1. The molecule has 0 amide bonds. The molecular weight excluding hydrogens is 400 g/mol. The highest BCUT2D eigenvalue weighted by atomic mass is 32.2. The van der Waals surface area contributed by atoms with Crippen molar-refractivity contribution in [2.45, 2.75) is 44.2 Å². The molecule has 0 aromatic heterocycles. The highest BCUT2D eigenvalue weighted by molar-refractivity contribution is 7.89. The van der Waals surface area contributed by atoms with Crippen molar-refractivity contribution in [3.8, 4) is 11.5 Å². The van der Waals surface area contributed by atoms with E-state index in [0.717, 1.165) is 25.1 Å². The maximum atomic E-state index is 13.1. The standard InChI is InChI=1S/C23H32N2O4S/c1-6-25-13-12-17-14-20(28-4)21(29-5)15-19(17)23(25)22(16(2)3)24-30(26,27)18-10-8-7-9-11-18/h7-11,14-16,22-24H,6,12-13H2,1-5H3/t22-,23-/m1/s1. The lowest BCUT2D eigenvalue weighted by Gasteiger charge is -2.43. The van der Waals surface area contributed by atoms with Crippen LogP contribution in [-0.2, 0) is 16.4 Å². The summed E-state index contributed by atoms with van der Waals surface area (Å²) in [6.45, 7) is 7.92. The highest BCUT2D eigenvalue weighted by Gasteiger charge is 2.38. The molecule has 0 spiro atoms. The van der Waals surface area contributed by atoms with Crippen LogP contribution in [0.25, 0.3) is 0 Å². The zero-order valence-corrected chi connectivity index (χ0v) is 19.2. The summed E-state index contributed by atoms with van der Waals surface area (Å²) in [7, 11) is -0.394. The van der Waals surface area contributed by atoms with Gasteiger partial charge in [-0.3, -0.25) is 4.90 Å². The van der Waals surface area contributed by atoms with Crippen molar-refractivity contribution in [1.82, 2.24) is 9.62 Å². The minimum absolute atomic E-state index is 0.0848.